The largest absolute Gasteiger partial charge is 0.748 e. The zero-order valence-corrected chi connectivity index (χ0v) is 37.5. The van der Waals surface area contributed by atoms with Gasteiger partial charge >= 0.3 is 0 Å². The molecule has 0 bridgehead atoms. The number of fused-ring (bicyclic) bond motifs is 2. The van der Waals surface area contributed by atoms with E-state index >= 15 is 0 Å². The molecule has 0 amide bonds. The molecule has 1 aromatic heterocycles. The van der Waals surface area contributed by atoms with E-state index in [0.717, 1.165) is 59.5 Å². The summed E-state index contributed by atoms with van der Waals surface area (Å²) >= 11 is 3.23. The van der Waals surface area contributed by atoms with E-state index in [9.17, 15) is 25.9 Å². The van der Waals surface area contributed by atoms with E-state index in [1.807, 2.05) is 31.2 Å². The second kappa shape index (κ2) is 22.9. The minimum atomic E-state index is -4.31. The Morgan fingerprint density at radius 1 is 0.825 bits per heavy atom. The topological polar surface area (TPSA) is 122 Å². The van der Waals surface area contributed by atoms with Crippen molar-refractivity contribution in [3.8, 4) is 11.1 Å². The number of thiazole rings is 1. The van der Waals surface area contributed by atoms with Gasteiger partial charge in [0, 0.05) is 35.8 Å². The average Bonchev–Trinajstić information content (AvgIpc) is 3.69. The number of thioether (sulfide) groups is 1. The van der Waals surface area contributed by atoms with Crippen LogP contribution in [-0.4, -0.2) is 68.5 Å². The molecule has 13 heteroatoms. The van der Waals surface area contributed by atoms with Gasteiger partial charge in [-0.3, -0.25) is 4.55 Å². The number of unbranched alkanes of at least 4 members (excludes halogenated alkanes) is 3. The SMILES string of the molecule is CCC(=C/c1sc2ccc(-c3ccccc3)cc2[n+]1CCCS(=O)(=O)O)/C=C1\Sc2ccc(C)cc2N1CCCS(=O)(=O)[O-].CCCCN(CCCC)CCCC. The lowest BCUT2D eigenvalue weighted by Crippen LogP contribution is -2.36. The summed E-state index contributed by atoms with van der Waals surface area (Å²) in [6.07, 6.45) is 13.5. The van der Waals surface area contributed by atoms with Gasteiger partial charge < -0.3 is 14.4 Å². The average molecular weight is 856 g/mol. The van der Waals surface area contributed by atoms with Crippen LogP contribution in [0.2, 0.25) is 0 Å². The van der Waals surface area contributed by atoms with E-state index in [2.05, 4.69) is 96.7 Å². The fourth-order valence-electron chi connectivity index (χ4n) is 6.65. The molecule has 4 aromatic rings. The minimum absolute atomic E-state index is 0.218. The smallest absolute Gasteiger partial charge is 0.265 e. The number of aryl methyl sites for hydroxylation is 2. The lowest BCUT2D eigenvalue weighted by Gasteiger charge is -2.21. The zero-order chi connectivity index (χ0) is 41.4. The van der Waals surface area contributed by atoms with Gasteiger partial charge in [-0.15, -0.1) is 0 Å². The van der Waals surface area contributed by atoms with E-state index < -0.39 is 26.0 Å². The maximum Gasteiger partial charge on any atom is 0.265 e. The van der Waals surface area contributed by atoms with Gasteiger partial charge in [-0.25, -0.2) is 8.42 Å². The Morgan fingerprint density at radius 3 is 2.09 bits per heavy atom. The summed E-state index contributed by atoms with van der Waals surface area (Å²) in [5.41, 5.74) is 6.24. The molecule has 0 saturated heterocycles. The van der Waals surface area contributed by atoms with Crippen LogP contribution in [0.25, 0.3) is 27.4 Å². The van der Waals surface area contributed by atoms with E-state index in [-0.39, 0.29) is 18.6 Å². The van der Waals surface area contributed by atoms with Crippen molar-refractivity contribution in [3.63, 3.8) is 0 Å². The van der Waals surface area contributed by atoms with Crippen molar-refractivity contribution in [2.45, 2.75) is 104 Å². The molecule has 1 aliphatic rings. The van der Waals surface area contributed by atoms with Gasteiger partial charge in [0.15, 0.2) is 6.54 Å². The van der Waals surface area contributed by atoms with Crippen molar-refractivity contribution in [1.82, 2.24) is 4.90 Å². The Hall–Kier alpha value is -3.04. The molecule has 0 fully saturated rings. The highest BCUT2D eigenvalue weighted by molar-refractivity contribution is 8.03. The zero-order valence-electron chi connectivity index (χ0n) is 34.3. The van der Waals surface area contributed by atoms with Gasteiger partial charge in [-0.05, 0) is 105 Å². The lowest BCUT2D eigenvalue weighted by atomic mass is 10.1. The number of hydrogen-bond donors (Lipinski definition) is 1. The summed E-state index contributed by atoms with van der Waals surface area (Å²) in [6, 6.07) is 22.5. The van der Waals surface area contributed by atoms with E-state index in [0.29, 0.717) is 13.1 Å². The molecule has 0 aliphatic carbocycles. The van der Waals surface area contributed by atoms with Gasteiger partial charge in [0.1, 0.15) is 4.70 Å². The first-order chi connectivity index (χ1) is 27.2. The molecular formula is C44H61N3O6S4. The molecule has 0 saturated carbocycles. The van der Waals surface area contributed by atoms with Crippen LogP contribution in [0.1, 0.15) is 96.1 Å². The summed E-state index contributed by atoms with van der Waals surface area (Å²) in [7, 11) is -8.40. The van der Waals surface area contributed by atoms with Crippen molar-refractivity contribution in [2.24, 2.45) is 0 Å². The number of benzene rings is 3. The summed E-state index contributed by atoms with van der Waals surface area (Å²) in [6.45, 7) is 15.7. The van der Waals surface area contributed by atoms with Crippen LogP contribution in [0.4, 0.5) is 5.69 Å². The molecular weight excluding hydrogens is 795 g/mol. The summed E-state index contributed by atoms with van der Waals surface area (Å²) in [4.78, 5) is 5.79. The van der Waals surface area contributed by atoms with Crippen LogP contribution in [0.3, 0.4) is 0 Å². The van der Waals surface area contributed by atoms with Gasteiger partial charge in [0.2, 0.25) is 5.52 Å². The number of rotatable bonds is 21. The summed E-state index contributed by atoms with van der Waals surface area (Å²) in [5.74, 6) is -0.749. The highest BCUT2D eigenvalue weighted by Crippen LogP contribution is 2.47. The van der Waals surface area contributed by atoms with Crippen LogP contribution in [0, 0.1) is 6.92 Å². The summed E-state index contributed by atoms with van der Waals surface area (Å²) in [5, 5.41) is 1.90. The first kappa shape index (κ1) is 46.6. The third kappa shape index (κ3) is 15.3. The molecule has 57 heavy (non-hydrogen) atoms. The lowest BCUT2D eigenvalue weighted by molar-refractivity contribution is -0.668. The van der Waals surface area contributed by atoms with E-state index in [1.165, 1.54) is 58.2 Å². The molecule has 2 heterocycles. The minimum Gasteiger partial charge on any atom is -0.748 e. The van der Waals surface area contributed by atoms with Gasteiger partial charge in [-0.2, -0.15) is 13.0 Å². The van der Waals surface area contributed by atoms with Crippen molar-refractivity contribution < 1.29 is 30.5 Å². The Bertz CT molecular complexity index is 2150. The molecule has 3 aromatic carbocycles. The Labute approximate surface area is 350 Å². The number of anilines is 1. The maximum atomic E-state index is 11.5. The monoisotopic (exact) mass is 855 g/mol. The van der Waals surface area contributed by atoms with Crippen molar-refractivity contribution in [1.29, 1.82) is 0 Å². The number of nitrogens with zero attached hydrogens (tertiary/aromatic N) is 3. The molecule has 1 N–H and O–H groups in total. The van der Waals surface area contributed by atoms with Gasteiger partial charge in [-0.1, -0.05) is 113 Å². The molecule has 0 spiro atoms. The van der Waals surface area contributed by atoms with Crippen LogP contribution < -0.4 is 9.47 Å². The van der Waals surface area contributed by atoms with Crippen LogP contribution in [0.5, 0.6) is 0 Å². The predicted molar refractivity (Wildman–Crippen MR) is 240 cm³/mol. The highest BCUT2D eigenvalue weighted by Gasteiger charge is 2.26. The van der Waals surface area contributed by atoms with Crippen molar-refractivity contribution in [2.75, 3.05) is 42.6 Å². The quantitative estimate of drug-likeness (QED) is 0.0645. The normalized spacial score (nSPS) is 14.1. The Morgan fingerprint density at radius 2 is 1.49 bits per heavy atom. The van der Waals surface area contributed by atoms with E-state index in [1.54, 1.807) is 23.1 Å². The molecule has 1 aliphatic heterocycles. The fourth-order valence-corrected chi connectivity index (χ4v) is 9.91. The standard InChI is InChI=1S/C32H34N2O6S4.C12H27N/c1-3-24(20-31-33(15-7-17-43(35,36)37)27-19-23(2)11-13-29(27)41-31)21-32-34(16-8-18-44(38,39)40)28-22-26(12-14-30(28)42-32)25-9-5-4-6-10-25;1-4-7-10-13(11-8-5-2)12-9-6-3/h4-6,9-14,19-22H,3,7-8,15-18H2,1-2H3,(H-,35,36,37,38,39,40);4-12H2,1-3H3. The van der Waals surface area contributed by atoms with Crippen LogP contribution in [0.15, 0.2) is 88.3 Å². The number of hydrogen-bond acceptors (Lipinski definition) is 9. The highest BCUT2D eigenvalue weighted by atomic mass is 32.2. The fraction of sp³-hybridized carbons (Fsp3) is 0.477. The Balaban J connectivity index is 0.000000476. The number of aromatic nitrogens is 1. The predicted octanol–water partition coefficient (Wildman–Crippen LogP) is 10.3. The van der Waals surface area contributed by atoms with Crippen molar-refractivity contribution >= 4 is 65.3 Å². The Kier molecular flexibility index (Phi) is 18.8. The third-order valence-corrected chi connectivity index (χ3v) is 13.6. The molecule has 5 rings (SSSR count). The molecule has 312 valence electrons. The van der Waals surface area contributed by atoms with Crippen LogP contribution >= 0.6 is 23.1 Å². The molecule has 0 unspecified atom stereocenters. The first-order valence-corrected chi connectivity index (χ1v) is 25.2. The van der Waals surface area contributed by atoms with Gasteiger partial charge in [0.25, 0.3) is 15.1 Å². The third-order valence-electron chi connectivity index (χ3n) is 9.79. The second-order valence-corrected chi connectivity index (χ2v) is 19.8. The van der Waals surface area contributed by atoms with E-state index in [4.69, 9.17) is 0 Å². The molecule has 9 nitrogen and oxygen atoms in total. The molecule has 0 atom stereocenters. The van der Waals surface area contributed by atoms with Crippen LogP contribution in [-0.2, 0) is 26.8 Å². The van der Waals surface area contributed by atoms with Gasteiger partial charge in [0.05, 0.1) is 26.6 Å². The maximum absolute atomic E-state index is 11.5. The van der Waals surface area contributed by atoms with Crippen molar-refractivity contribution in [3.05, 3.63) is 94.0 Å². The second-order valence-electron chi connectivity index (χ2n) is 14.6. The number of allylic oxidation sites excluding steroid dienone is 2. The summed E-state index contributed by atoms with van der Waals surface area (Å²) < 4.78 is 69.5. The first-order valence-electron chi connectivity index (χ1n) is 20.4. The molecule has 0 radical (unpaired) electrons.